The highest BCUT2D eigenvalue weighted by Crippen LogP contribution is 2.42. The maximum Gasteiger partial charge on any atom is 0.160 e. The minimum atomic E-state index is 0.0228. The maximum absolute atomic E-state index is 11.8. The smallest absolute Gasteiger partial charge is 0.160 e. The Balaban J connectivity index is 2.71. The zero-order chi connectivity index (χ0) is 14.7. The first kappa shape index (κ1) is 14.6. The second-order valence-electron chi connectivity index (χ2n) is 4.26. The second-order valence-corrected chi connectivity index (χ2v) is 5.06. The molecule has 0 spiro atoms. The van der Waals surface area contributed by atoms with Crippen LogP contribution in [0.5, 0.6) is 11.5 Å². The van der Waals surface area contributed by atoms with E-state index in [0.29, 0.717) is 17.1 Å². The monoisotopic (exact) mass is 334 g/mol. The van der Waals surface area contributed by atoms with Crippen molar-refractivity contribution in [2.24, 2.45) is 0 Å². The van der Waals surface area contributed by atoms with Gasteiger partial charge in [0.05, 0.1) is 14.2 Å². The number of hydrogen-bond acceptors (Lipinski definition) is 3. The summed E-state index contributed by atoms with van der Waals surface area (Å²) in [6.07, 6.45) is 0. The summed E-state index contributed by atoms with van der Waals surface area (Å²) in [6.45, 7) is 1.56. The predicted octanol–water partition coefficient (Wildman–Crippen LogP) is 4.34. The van der Waals surface area contributed by atoms with Gasteiger partial charge >= 0.3 is 0 Å². The Morgan fingerprint density at radius 1 is 1.00 bits per heavy atom. The lowest BCUT2D eigenvalue weighted by Crippen LogP contribution is -1.98. The van der Waals surface area contributed by atoms with Gasteiger partial charge in [0.2, 0.25) is 0 Å². The van der Waals surface area contributed by atoms with Crippen molar-refractivity contribution in [1.29, 1.82) is 0 Å². The number of benzene rings is 2. The largest absolute Gasteiger partial charge is 0.495 e. The summed E-state index contributed by atoms with van der Waals surface area (Å²) in [5.74, 6) is 1.36. The van der Waals surface area contributed by atoms with Crippen LogP contribution in [0.1, 0.15) is 17.3 Å². The molecular formula is C16H15BrO3. The van der Waals surface area contributed by atoms with E-state index in [4.69, 9.17) is 9.47 Å². The highest BCUT2D eigenvalue weighted by atomic mass is 79.9. The van der Waals surface area contributed by atoms with Crippen molar-refractivity contribution in [3.63, 3.8) is 0 Å². The number of methoxy groups -OCH3 is 2. The van der Waals surface area contributed by atoms with E-state index in [9.17, 15) is 4.79 Å². The van der Waals surface area contributed by atoms with E-state index in [1.807, 2.05) is 36.4 Å². The van der Waals surface area contributed by atoms with Crippen LogP contribution in [0.2, 0.25) is 0 Å². The summed E-state index contributed by atoms with van der Waals surface area (Å²) in [7, 11) is 3.20. The van der Waals surface area contributed by atoms with E-state index in [2.05, 4.69) is 15.9 Å². The summed E-state index contributed by atoms with van der Waals surface area (Å²) >= 11 is 3.48. The van der Waals surface area contributed by atoms with Crippen molar-refractivity contribution < 1.29 is 14.3 Å². The highest BCUT2D eigenvalue weighted by molar-refractivity contribution is 9.10. The lowest BCUT2D eigenvalue weighted by molar-refractivity contribution is 0.101. The summed E-state index contributed by atoms with van der Waals surface area (Å²) in [6, 6.07) is 11.2. The predicted molar refractivity (Wildman–Crippen MR) is 82.7 cm³/mol. The third-order valence-electron chi connectivity index (χ3n) is 3.08. The zero-order valence-corrected chi connectivity index (χ0v) is 13.2. The average Bonchev–Trinajstić information content (AvgIpc) is 2.46. The van der Waals surface area contributed by atoms with Gasteiger partial charge in [0.15, 0.2) is 5.78 Å². The lowest BCUT2D eigenvalue weighted by Gasteiger charge is -2.15. The molecule has 2 rings (SSSR count). The number of carbonyl (C=O) groups excluding carboxylic acids is 1. The lowest BCUT2D eigenvalue weighted by atomic mass is 9.96. The highest BCUT2D eigenvalue weighted by Gasteiger charge is 2.17. The fourth-order valence-corrected chi connectivity index (χ4v) is 2.80. The van der Waals surface area contributed by atoms with Gasteiger partial charge in [0, 0.05) is 11.1 Å². The third kappa shape index (κ3) is 2.56. The van der Waals surface area contributed by atoms with Gasteiger partial charge in [0.1, 0.15) is 16.0 Å². The first-order valence-electron chi connectivity index (χ1n) is 6.11. The van der Waals surface area contributed by atoms with Crippen molar-refractivity contribution >= 4 is 21.7 Å². The molecule has 104 valence electrons. The van der Waals surface area contributed by atoms with Crippen LogP contribution in [0.4, 0.5) is 0 Å². The average molecular weight is 335 g/mol. The molecule has 0 unspecified atom stereocenters. The van der Waals surface area contributed by atoms with Gasteiger partial charge in [-0.25, -0.2) is 0 Å². The Kier molecular flexibility index (Phi) is 4.45. The SMILES string of the molecule is COc1ccc(-c2ccccc2C(C)=O)c(OC)c1Br. The molecule has 20 heavy (non-hydrogen) atoms. The molecule has 0 radical (unpaired) electrons. The number of ketones is 1. The standard InChI is InChI=1S/C16H15BrO3/c1-10(18)11-6-4-5-7-12(11)13-8-9-14(19-2)15(17)16(13)20-3/h4-9H,1-3H3. The Morgan fingerprint density at radius 3 is 2.30 bits per heavy atom. The van der Waals surface area contributed by atoms with Crippen LogP contribution in [0.25, 0.3) is 11.1 Å². The van der Waals surface area contributed by atoms with Crippen molar-refractivity contribution in [1.82, 2.24) is 0 Å². The maximum atomic E-state index is 11.8. The molecule has 0 amide bonds. The normalized spacial score (nSPS) is 10.2. The molecule has 0 N–H and O–H groups in total. The molecule has 3 nitrogen and oxygen atoms in total. The molecule has 2 aromatic carbocycles. The van der Waals surface area contributed by atoms with E-state index in [0.717, 1.165) is 15.6 Å². The number of Topliss-reactive ketones (excluding diaryl/α,β-unsaturated/α-hetero) is 1. The molecule has 0 saturated heterocycles. The van der Waals surface area contributed by atoms with Crippen LogP contribution < -0.4 is 9.47 Å². The topological polar surface area (TPSA) is 35.5 Å². The van der Waals surface area contributed by atoms with Gasteiger partial charge in [-0.3, -0.25) is 4.79 Å². The van der Waals surface area contributed by atoms with Gasteiger partial charge in [-0.1, -0.05) is 24.3 Å². The van der Waals surface area contributed by atoms with Gasteiger partial charge in [0.25, 0.3) is 0 Å². The fraction of sp³-hybridized carbons (Fsp3) is 0.188. The molecule has 0 fully saturated rings. The van der Waals surface area contributed by atoms with Gasteiger partial charge in [-0.2, -0.15) is 0 Å². The van der Waals surface area contributed by atoms with Crippen LogP contribution in [-0.2, 0) is 0 Å². The molecule has 2 aromatic rings. The number of carbonyl (C=O) groups is 1. The fourth-order valence-electron chi connectivity index (χ4n) is 2.13. The summed E-state index contributed by atoms with van der Waals surface area (Å²) in [5, 5.41) is 0. The third-order valence-corrected chi connectivity index (χ3v) is 3.83. The van der Waals surface area contributed by atoms with Crippen molar-refractivity contribution in [3.8, 4) is 22.6 Å². The van der Waals surface area contributed by atoms with E-state index < -0.39 is 0 Å². The van der Waals surface area contributed by atoms with E-state index >= 15 is 0 Å². The molecule has 0 bridgehead atoms. The quantitative estimate of drug-likeness (QED) is 0.780. The first-order valence-corrected chi connectivity index (χ1v) is 6.90. The van der Waals surface area contributed by atoms with Crippen LogP contribution in [0, 0.1) is 0 Å². The summed E-state index contributed by atoms with van der Waals surface area (Å²) in [4.78, 5) is 11.8. The number of ether oxygens (including phenoxy) is 2. The zero-order valence-electron chi connectivity index (χ0n) is 11.6. The molecule has 0 heterocycles. The van der Waals surface area contributed by atoms with E-state index in [1.54, 1.807) is 21.1 Å². The number of rotatable bonds is 4. The minimum absolute atomic E-state index is 0.0228. The Bertz CT molecular complexity index is 650. The minimum Gasteiger partial charge on any atom is -0.495 e. The van der Waals surface area contributed by atoms with Gasteiger partial charge in [-0.05, 0) is 40.5 Å². The van der Waals surface area contributed by atoms with Crippen LogP contribution in [0.3, 0.4) is 0 Å². The molecule has 0 saturated carbocycles. The van der Waals surface area contributed by atoms with Crippen LogP contribution in [-0.4, -0.2) is 20.0 Å². The molecular weight excluding hydrogens is 320 g/mol. The number of hydrogen-bond donors (Lipinski definition) is 0. The first-order chi connectivity index (χ1) is 9.60. The Labute approximate surface area is 126 Å². The van der Waals surface area contributed by atoms with Crippen molar-refractivity contribution in [3.05, 3.63) is 46.4 Å². The van der Waals surface area contributed by atoms with Crippen molar-refractivity contribution in [2.75, 3.05) is 14.2 Å². The Morgan fingerprint density at radius 2 is 1.70 bits per heavy atom. The van der Waals surface area contributed by atoms with Gasteiger partial charge in [-0.15, -0.1) is 0 Å². The van der Waals surface area contributed by atoms with E-state index in [-0.39, 0.29) is 5.78 Å². The molecule has 0 aliphatic carbocycles. The Hall–Kier alpha value is -1.81. The van der Waals surface area contributed by atoms with Crippen LogP contribution in [0.15, 0.2) is 40.9 Å². The molecule has 0 aromatic heterocycles. The summed E-state index contributed by atoms with van der Waals surface area (Å²) < 4.78 is 11.5. The molecule has 0 atom stereocenters. The second kappa shape index (κ2) is 6.09. The van der Waals surface area contributed by atoms with Crippen molar-refractivity contribution in [2.45, 2.75) is 6.92 Å². The van der Waals surface area contributed by atoms with Gasteiger partial charge < -0.3 is 9.47 Å². The molecule has 0 aliphatic heterocycles. The van der Waals surface area contributed by atoms with E-state index in [1.165, 1.54) is 0 Å². The molecule has 4 heteroatoms. The number of halogens is 1. The summed E-state index contributed by atoms with van der Waals surface area (Å²) in [5.41, 5.74) is 2.37. The molecule has 0 aliphatic rings. The van der Waals surface area contributed by atoms with Crippen LogP contribution >= 0.6 is 15.9 Å².